The minimum atomic E-state index is -0.739. The molecule has 2 aromatic carbocycles. The van der Waals surface area contributed by atoms with E-state index >= 15 is 0 Å². The summed E-state index contributed by atoms with van der Waals surface area (Å²) in [5.41, 5.74) is 1.90. The molecule has 11 heteroatoms. The number of tetrazole rings is 1. The van der Waals surface area contributed by atoms with E-state index in [-0.39, 0.29) is 23.6 Å². The number of ether oxygens (including phenoxy) is 4. The number of amides is 1. The van der Waals surface area contributed by atoms with Gasteiger partial charge < -0.3 is 24.3 Å². The minimum absolute atomic E-state index is 0.0716. The first-order valence-electron chi connectivity index (χ1n) is 9.23. The summed E-state index contributed by atoms with van der Waals surface area (Å²) >= 11 is 0. The van der Waals surface area contributed by atoms with Crippen molar-refractivity contribution >= 4 is 17.6 Å². The molecule has 0 aliphatic carbocycles. The standard InChI is InChI=1S/C20H19N5O6/c1-28-13-6-4-10(8-12(13)19-22-24-25-23-19)21-16(26)9-15-11-5-7-14(29-2)18(30-3)17(11)20(27)31-15/h4-8,15H,9H2,1-3H3,(H,21,26)(H,22,23,24,25)/t15-/m0/s1. The van der Waals surface area contributed by atoms with Crippen molar-refractivity contribution in [2.75, 3.05) is 26.6 Å². The van der Waals surface area contributed by atoms with E-state index in [1.165, 1.54) is 21.3 Å². The summed E-state index contributed by atoms with van der Waals surface area (Å²) in [6, 6.07) is 8.41. The van der Waals surface area contributed by atoms with Gasteiger partial charge >= 0.3 is 5.97 Å². The Balaban J connectivity index is 1.54. The van der Waals surface area contributed by atoms with Crippen LogP contribution in [0.1, 0.15) is 28.4 Å². The Morgan fingerprint density at radius 2 is 1.90 bits per heavy atom. The van der Waals surface area contributed by atoms with Crippen LogP contribution >= 0.6 is 0 Å². The molecule has 0 spiro atoms. The van der Waals surface area contributed by atoms with E-state index in [1.54, 1.807) is 30.3 Å². The molecule has 0 saturated heterocycles. The van der Waals surface area contributed by atoms with E-state index in [1.807, 2.05) is 0 Å². The number of carbonyl (C=O) groups excluding carboxylic acids is 2. The molecule has 1 aliphatic rings. The monoisotopic (exact) mass is 425 g/mol. The zero-order valence-electron chi connectivity index (χ0n) is 17.0. The highest BCUT2D eigenvalue weighted by molar-refractivity contribution is 5.99. The molecule has 1 aliphatic heterocycles. The lowest BCUT2D eigenvalue weighted by Crippen LogP contribution is -2.16. The maximum absolute atomic E-state index is 12.7. The summed E-state index contributed by atoms with van der Waals surface area (Å²) < 4.78 is 21.3. The second-order valence-corrected chi connectivity index (χ2v) is 6.56. The van der Waals surface area contributed by atoms with Crippen LogP contribution in [0.15, 0.2) is 30.3 Å². The molecule has 31 heavy (non-hydrogen) atoms. The van der Waals surface area contributed by atoms with Gasteiger partial charge in [-0.05, 0) is 29.5 Å². The predicted molar refractivity (Wildman–Crippen MR) is 107 cm³/mol. The Labute approximate surface area is 176 Å². The highest BCUT2D eigenvalue weighted by Gasteiger charge is 2.36. The van der Waals surface area contributed by atoms with Crippen LogP contribution in [-0.4, -0.2) is 53.8 Å². The van der Waals surface area contributed by atoms with Gasteiger partial charge in [0, 0.05) is 11.3 Å². The molecule has 0 fully saturated rings. The lowest BCUT2D eigenvalue weighted by Gasteiger charge is -2.13. The zero-order chi connectivity index (χ0) is 22.0. The number of esters is 1. The van der Waals surface area contributed by atoms with Crippen molar-refractivity contribution in [3.8, 4) is 28.6 Å². The number of aromatic amines is 1. The van der Waals surface area contributed by atoms with Crippen LogP contribution in [0.3, 0.4) is 0 Å². The van der Waals surface area contributed by atoms with Crippen LogP contribution < -0.4 is 19.5 Å². The van der Waals surface area contributed by atoms with Crippen LogP contribution in [0.2, 0.25) is 0 Å². The average Bonchev–Trinajstić information content (AvgIpc) is 3.41. The van der Waals surface area contributed by atoms with Crippen molar-refractivity contribution in [3.05, 3.63) is 41.5 Å². The average molecular weight is 425 g/mol. The molecular weight excluding hydrogens is 406 g/mol. The van der Waals surface area contributed by atoms with Gasteiger partial charge in [-0.25, -0.2) is 4.79 Å². The number of cyclic esters (lactones) is 1. The van der Waals surface area contributed by atoms with Crippen LogP contribution in [0.4, 0.5) is 5.69 Å². The third-order valence-corrected chi connectivity index (χ3v) is 4.82. The van der Waals surface area contributed by atoms with Crippen molar-refractivity contribution in [1.29, 1.82) is 0 Å². The number of hydrogen-bond acceptors (Lipinski definition) is 9. The van der Waals surface area contributed by atoms with Gasteiger partial charge in [-0.15, -0.1) is 10.2 Å². The van der Waals surface area contributed by atoms with E-state index in [9.17, 15) is 9.59 Å². The maximum atomic E-state index is 12.7. The lowest BCUT2D eigenvalue weighted by atomic mass is 10.0. The number of rotatable bonds is 7. The van der Waals surface area contributed by atoms with Crippen molar-refractivity contribution < 1.29 is 28.5 Å². The molecule has 160 valence electrons. The summed E-state index contributed by atoms with van der Waals surface area (Å²) in [6.45, 7) is 0. The predicted octanol–water partition coefficient (Wildman–Crippen LogP) is 2.13. The fourth-order valence-corrected chi connectivity index (χ4v) is 3.44. The quantitative estimate of drug-likeness (QED) is 0.545. The summed E-state index contributed by atoms with van der Waals surface area (Å²) in [6.07, 6.45) is -0.810. The number of nitrogens with zero attached hydrogens (tertiary/aromatic N) is 3. The molecule has 3 aromatic rings. The third kappa shape index (κ3) is 3.72. The summed E-state index contributed by atoms with van der Waals surface area (Å²) in [5, 5.41) is 16.6. The largest absolute Gasteiger partial charge is 0.496 e. The SMILES string of the molecule is COc1ccc(NC(=O)C[C@@H]2OC(=O)c3c2ccc(OC)c3OC)cc1-c1nn[nH]n1. The first kappa shape index (κ1) is 20.1. The second kappa shape index (κ2) is 8.30. The van der Waals surface area contributed by atoms with E-state index < -0.39 is 12.1 Å². The topological polar surface area (TPSA) is 138 Å². The Hall–Kier alpha value is -4.15. The summed E-state index contributed by atoms with van der Waals surface area (Å²) in [4.78, 5) is 25.1. The number of nitrogens with one attached hydrogen (secondary N) is 2. The molecule has 0 bridgehead atoms. The maximum Gasteiger partial charge on any atom is 0.343 e. The minimum Gasteiger partial charge on any atom is -0.496 e. The number of anilines is 1. The molecule has 0 saturated carbocycles. The van der Waals surface area contributed by atoms with E-state index in [4.69, 9.17) is 18.9 Å². The molecule has 1 amide bonds. The smallest absolute Gasteiger partial charge is 0.343 e. The van der Waals surface area contributed by atoms with Gasteiger partial charge in [0.1, 0.15) is 17.4 Å². The summed E-state index contributed by atoms with van der Waals surface area (Å²) in [5.74, 6) is 0.645. The van der Waals surface area contributed by atoms with Crippen LogP contribution in [0.5, 0.6) is 17.2 Å². The Morgan fingerprint density at radius 1 is 1.13 bits per heavy atom. The molecule has 4 rings (SSSR count). The Morgan fingerprint density at radius 3 is 2.58 bits per heavy atom. The highest BCUT2D eigenvalue weighted by atomic mass is 16.6. The first-order valence-corrected chi connectivity index (χ1v) is 9.23. The number of aromatic nitrogens is 4. The molecule has 1 atom stereocenters. The van der Waals surface area contributed by atoms with Gasteiger partial charge in [-0.2, -0.15) is 5.21 Å². The summed E-state index contributed by atoms with van der Waals surface area (Å²) in [7, 11) is 4.44. The molecule has 0 radical (unpaired) electrons. The molecule has 2 heterocycles. The van der Waals surface area contributed by atoms with Crippen LogP contribution in [0.25, 0.3) is 11.4 Å². The first-order chi connectivity index (χ1) is 15.0. The number of H-pyrrole nitrogens is 1. The van der Waals surface area contributed by atoms with Crippen molar-refractivity contribution in [2.45, 2.75) is 12.5 Å². The van der Waals surface area contributed by atoms with Gasteiger partial charge in [-0.3, -0.25) is 4.79 Å². The van der Waals surface area contributed by atoms with E-state index in [0.29, 0.717) is 34.1 Å². The number of fused-ring (bicyclic) bond motifs is 1. The third-order valence-electron chi connectivity index (χ3n) is 4.82. The van der Waals surface area contributed by atoms with Crippen LogP contribution in [0, 0.1) is 0 Å². The second-order valence-electron chi connectivity index (χ2n) is 6.56. The van der Waals surface area contributed by atoms with E-state index in [0.717, 1.165) is 0 Å². The molecule has 11 nitrogen and oxygen atoms in total. The zero-order valence-corrected chi connectivity index (χ0v) is 17.0. The number of carbonyl (C=O) groups is 2. The van der Waals surface area contributed by atoms with Gasteiger partial charge in [0.25, 0.3) is 0 Å². The number of hydrogen-bond donors (Lipinski definition) is 2. The fraction of sp³-hybridized carbons (Fsp3) is 0.250. The fourth-order valence-electron chi connectivity index (χ4n) is 3.44. The number of methoxy groups -OCH3 is 3. The van der Waals surface area contributed by atoms with Gasteiger partial charge in [0.05, 0.1) is 33.3 Å². The van der Waals surface area contributed by atoms with Gasteiger partial charge in [0.2, 0.25) is 11.7 Å². The van der Waals surface area contributed by atoms with Gasteiger partial charge in [0.15, 0.2) is 11.5 Å². The Bertz CT molecular complexity index is 1130. The molecule has 0 unspecified atom stereocenters. The van der Waals surface area contributed by atoms with Crippen molar-refractivity contribution in [1.82, 2.24) is 20.6 Å². The lowest BCUT2D eigenvalue weighted by molar-refractivity contribution is -0.118. The molecular formula is C20H19N5O6. The highest BCUT2D eigenvalue weighted by Crippen LogP contribution is 2.43. The van der Waals surface area contributed by atoms with E-state index in [2.05, 4.69) is 25.9 Å². The van der Waals surface area contributed by atoms with Crippen molar-refractivity contribution in [2.24, 2.45) is 0 Å². The number of benzene rings is 2. The molecule has 1 aromatic heterocycles. The normalized spacial score (nSPS) is 14.5. The Kier molecular flexibility index (Phi) is 5.39. The van der Waals surface area contributed by atoms with Gasteiger partial charge in [-0.1, -0.05) is 6.07 Å². The molecule has 2 N–H and O–H groups in total. The van der Waals surface area contributed by atoms with Crippen molar-refractivity contribution in [3.63, 3.8) is 0 Å². The van der Waals surface area contributed by atoms with Crippen LogP contribution in [-0.2, 0) is 9.53 Å².